The Hall–Kier alpha value is -0.610. The van der Waals surface area contributed by atoms with E-state index in [2.05, 4.69) is 19.2 Å². The summed E-state index contributed by atoms with van der Waals surface area (Å²) in [6.45, 7) is 5.77. The quantitative estimate of drug-likeness (QED) is 0.694. The smallest absolute Gasteiger partial charge is 0.246 e. The van der Waals surface area contributed by atoms with Crippen molar-refractivity contribution >= 4 is 5.91 Å². The van der Waals surface area contributed by atoms with Gasteiger partial charge in [0.15, 0.2) is 0 Å². The molecule has 1 rings (SSSR count). The number of carbonyl (C=O) groups is 1. The Balaban J connectivity index is 2.15. The lowest BCUT2D eigenvalue weighted by Crippen LogP contribution is -2.37. The molecule has 1 amide bonds. The fourth-order valence-electron chi connectivity index (χ4n) is 2.71. The van der Waals surface area contributed by atoms with Gasteiger partial charge >= 0.3 is 0 Å². The summed E-state index contributed by atoms with van der Waals surface area (Å²) in [7, 11) is 0. The van der Waals surface area contributed by atoms with Crippen molar-refractivity contribution in [1.82, 2.24) is 5.32 Å². The van der Waals surface area contributed by atoms with Crippen LogP contribution in [0.5, 0.6) is 0 Å². The summed E-state index contributed by atoms with van der Waals surface area (Å²) >= 11 is 0. The molecule has 2 atom stereocenters. The highest BCUT2D eigenvalue weighted by molar-refractivity contribution is 5.77. The van der Waals surface area contributed by atoms with Gasteiger partial charge in [0, 0.05) is 6.04 Å². The van der Waals surface area contributed by atoms with Crippen LogP contribution in [0.1, 0.15) is 46.0 Å². The third-order valence-corrected chi connectivity index (χ3v) is 4.04. The minimum Gasteiger partial charge on any atom is -0.371 e. The van der Waals surface area contributed by atoms with Gasteiger partial charge in [0.2, 0.25) is 5.91 Å². The highest BCUT2D eigenvalue weighted by Crippen LogP contribution is 2.30. The second-order valence-corrected chi connectivity index (χ2v) is 5.28. The van der Waals surface area contributed by atoms with Crippen molar-refractivity contribution in [3.63, 3.8) is 0 Å². The van der Waals surface area contributed by atoms with Crippen LogP contribution in [-0.2, 0) is 9.53 Å². The summed E-state index contributed by atoms with van der Waals surface area (Å²) < 4.78 is 5.53. The van der Waals surface area contributed by atoms with E-state index in [0.717, 1.165) is 19.4 Å². The molecule has 4 heteroatoms. The fraction of sp³-hybridized carbons (Fsp3) is 0.929. The molecule has 0 aliphatic heterocycles. The van der Waals surface area contributed by atoms with Gasteiger partial charge in [-0.3, -0.25) is 4.79 Å². The number of nitrogens with two attached hydrogens (primary N) is 1. The first-order valence-corrected chi connectivity index (χ1v) is 7.28. The van der Waals surface area contributed by atoms with Gasteiger partial charge < -0.3 is 15.8 Å². The van der Waals surface area contributed by atoms with Crippen LogP contribution in [0.2, 0.25) is 0 Å². The largest absolute Gasteiger partial charge is 0.371 e. The Morgan fingerprint density at radius 2 is 2.00 bits per heavy atom. The van der Waals surface area contributed by atoms with E-state index in [-0.39, 0.29) is 18.6 Å². The van der Waals surface area contributed by atoms with Gasteiger partial charge in [0.05, 0.1) is 6.61 Å². The Kier molecular flexibility index (Phi) is 7.28. The normalized spacial score (nSPS) is 23.6. The van der Waals surface area contributed by atoms with E-state index in [1.807, 2.05) is 0 Å². The molecule has 0 aromatic carbocycles. The molecule has 1 aliphatic rings. The lowest BCUT2D eigenvalue weighted by molar-refractivity contribution is -0.127. The summed E-state index contributed by atoms with van der Waals surface area (Å²) in [5.74, 6) is 1.15. The summed E-state index contributed by atoms with van der Waals surface area (Å²) in [5.41, 5.74) is 5.72. The Morgan fingerprint density at radius 3 is 2.61 bits per heavy atom. The molecule has 2 unspecified atom stereocenters. The van der Waals surface area contributed by atoms with Crippen molar-refractivity contribution < 1.29 is 9.53 Å². The van der Waals surface area contributed by atoms with Gasteiger partial charge in [-0.25, -0.2) is 0 Å². The van der Waals surface area contributed by atoms with Crippen molar-refractivity contribution in [3.8, 4) is 0 Å². The predicted octanol–water partition coefficient (Wildman–Crippen LogP) is 1.68. The average Bonchev–Trinajstić information content (AvgIpc) is 2.83. The van der Waals surface area contributed by atoms with E-state index in [4.69, 9.17) is 10.5 Å². The van der Waals surface area contributed by atoms with Gasteiger partial charge in [-0.1, -0.05) is 20.3 Å². The van der Waals surface area contributed by atoms with Crippen molar-refractivity contribution in [2.45, 2.75) is 52.0 Å². The molecular weight excluding hydrogens is 228 g/mol. The van der Waals surface area contributed by atoms with Crippen LogP contribution < -0.4 is 11.1 Å². The molecule has 0 radical (unpaired) electrons. The lowest BCUT2D eigenvalue weighted by Gasteiger charge is -2.18. The zero-order chi connectivity index (χ0) is 13.4. The second kappa shape index (κ2) is 8.48. The zero-order valence-electron chi connectivity index (χ0n) is 11.8. The summed E-state index contributed by atoms with van der Waals surface area (Å²) in [6.07, 6.45) is 5.59. The lowest BCUT2D eigenvalue weighted by atomic mass is 9.97. The van der Waals surface area contributed by atoms with Crippen LogP contribution in [0.3, 0.4) is 0 Å². The molecule has 18 heavy (non-hydrogen) atoms. The molecule has 0 spiro atoms. The van der Waals surface area contributed by atoms with E-state index in [0.29, 0.717) is 18.4 Å². The third-order valence-electron chi connectivity index (χ3n) is 4.04. The van der Waals surface area contributed by atoms with Gasteiger partial charge in [0.1, 0.15) is 6.61 Å². The summed E-state index contributed by atoms with van der Waals surface area (Å²) in [5, 5.41) is 2.98. The van der Waals surface area contributed by atoms with E-state index < -0.39 is 0 Å². The maximum absolute atomic E-state index is 11.6. The zero-order valence-corrected chi connectivity index (χ0v) is 11.8. The number of hydrogen-bond donors (Lipinski definition) is 2. The second-order valence-electron chi connectivity index (χ2n) is 5.28. The van der Waals surface area contributed by atoms with E-state index in [1.54, 1.807) is 0 Å². The molecule has 0 saturated heterocycles. The molecule has 0 aromatic heterocycles. The summed E-state index contributed by atoms with van der Waals surface area (Å²) in [4.78, 5) is 11.6. The molecule has 1 saturated carbocycles. The molecule has 1 aliphatic carbocycles. The van der Waals surface area contributed by atoms with E-state index >= 15 is 0 Å². The van der Waals surface area contributed by atoms with E-state index in [1.165, 1.54) is 19.3 Å². The minimum absolute atomic E-state index is 0.00555. The topological polar surface area (TPSA) is 64.3 Å². The minimum atomic E-state index is 0.00555. The Morgan fingerprint density at radius 1 is 1.33 bits per heavy atom. The molecule has 4 nitrogen and oxygen atoms in total. The molecule has 3 N–H and O–H groups in total. The molecule has 0 heterocycles. The monoisotopic (exact) mass is 256 g/mol. The van der Waals surface area contributed by atoms with Crippen LogP contribution in [0.15, 0.2) is 0 Å². The molecular formula is C14H28N2O2. The van der Waals surface area contributed by atoms with Crippen molar-refractivity contribution in [2.24, 2.45) is 17.6 Å². The van der Waals surface area contributed by atoms with Gasteiger partial charge in [-0.15, -0.1) is 0 Å². The maximum Gasteiger partial charge on any atom is 0.246 e. The van der Waals surface area contributed by atoms with Crippen LogP contribution in [0.4, 0.5) is 0 Å². The van der Waals surface area contributed by atoms with Crippen molar-refractivity contribution in [2.75, 3.05) is 19.8 Å². The Bertz CT molecular complexity index is 242. The Labute approximate surface area is 111 Å². The number of nitrogens with one attached hydrogen (secondary N) is 1. The maximum atomic E-state index is 11.6. The fourth-order valence-corrected chi connectivity index (χ4v) is 2.71. The number of hydrogen-bond acceptors (Lipinski definition) is 3. The highest BCUT2D eigenvalue weighted by atomic mass is 16.5. The van der Waals surface area contributed by atoms with Gasteiger partial charge in [-0.2, -0.15) is 0 Å². The van der Waals surface area contributed by atoms with Crippen LogP contribution in [0.25, 0.3) is 0 Å². The SMILES string of the molecule is CCC(CC)NC(=O)COCC1CCCC1CN. The van der Waals surface area contributed by atoms with Crippen molar-refractivity contribution in [1.29, 1.82) is 0 Å². The third kappa shape index (κ3) is 4.94. The number of carbonyl (C=O) groups excluding carboxylic acids is 1. The molecule has 0 aromatic rings. The first-order valence-electron chi connectivity index (χ1n) is 7.28. The number of amides is 1. The summed E-state index contributed by atoms with van der Waals surface area (Å²) in [6, 6.07) is 0.282. The van der Waals surface area contributed by atoms with Gasteiger partial charge in [0.25, 0.3) is 0 Å². The number of ether oxygens (including phenoxy) is 1. The van der Waals surface area contributed by atoms with Crippen LogP contribution in [0, 0.1) is 11.8 Å². The first-order chi connectivity index (χ1) is 8.71. The van der Waals surface area contributed by atoms with Crippen LogP contribution >= 0.6 is 0 Å². The van der Waals surface area contributed by atoms with Crippen molar-refractivity contribution in [3.05, 3.63) is 0 Å². The standard InChI is InChI=1S/C14H28N2O2/c1-3-13(4-2)16-14(17)10-18-9-12-7-5-6-11(12)8-15/h11-13H,3-10,15H2,1-2H3,(H,16,17). The van der Waals surface area contributed by atoms with Gasteiger partial charge in [-0.05, 0) is 44.1 Å². The number of rotatable bonds is 8. The first kappa shape index (κ1) is 15.4. The molecule has 1 fully saturated rings. The average molecular weight is 256 g/mol. The molecule has 106 valence electrons. The highest BCUT2D eigenvalue weighted by Gasteiger charge is 2.26. The van der Waals surface area contributed by atoms with Crippen LogP contribution in [-0.4, -0.2) is 31.7 Å². The predicted molar refractivity (Wildman–Crippen MR) is 73.2 cm³/mol. The molecule has 0 bridgehead atoms. The van der Waals surface area contributed by atoms with E-state index in [9.17, 15) is 4.79 Å².